The van der Waals surface area contributed by atoms with Gasteiger partial charge in [0.25, 0.3) is 0 Å². The maximum Gasteiger partial charge on any atom is 0.304 e. The molecule has 1 aliphatic rings. The van der Waals surface area contributed by atoms with Crippen LogP contribution in [0.25, 0.3) is 0 Å². The van der Waals surface area contributed by atoms with Crippen LogP contribution in [0.4, 0.5) is 5.69 Å². The van der Waals surface area contributed by atoms with E-state index in [9.17, 15) is 9.59 Å². The molecule has 2 unspecified atom stereocenters. The van der Waals surface area contributed by atoms with E-state index in [0.29, 0.717) is 12.4 Å². The second-order valence-electron chi connectivity index (χ2n) is 5.79. The Labute approximate surface area is 140 Å². The minimum absolute atomic E-state index is 0.00680. The highest BCUT2D eigenvalue weighted by Gasteiger charge is 2.25. The molecule has 0 radical (unpaired) electrons. The summed E-state index contributed by atoms with van der Waals surface area (Å²) in [7, 11) is 0. The highest BCUT2D eigenvalue weighted by Crippen LogP contribution is 2.23. The van der Waals surface area contributed by atoms with Crippen LogP contribution in [0, 0.1) is 5.92 Å². The summed E-state index contributed by atoms with van der Waals surface area (Å²) in [5.74, 6) is 0.615. The number of thioether (sulfide) groups is 1. The van der Waals surface area contributed by atoms with Crippen LogP contribution in [0.1, 0.15) is 31.7 Å². The Bertz CT molecular complexity index is 549. The number of ether oxygens (including phenoxy) is 1. The van der Waals surface area contributed by atoms with Crippen molar-refractivity contribution in [1.82, 2.24) is 0 Å². The van der Waals surface area contributed by atoms with E-state index in [1.54, 1.807) is 11.8 Å². The normalized spacial score (nSPS) is 20.9. The second kappa shape index (κ2) is 8.93. The fraction of sp³-hybridized carbons (Fsp3) is 0.529. The van der Waals surface area contributed by atoms with Crippen molar-refractivity contribution in [3.63, 3.8) is 0 Å². The smallest absolute Gasteiger partial charge is 0.304 e. The van der Waals surface area contributed by atoms with E-state index >= 15 is 0 Å². The molecule has 5 nitrogen and oxygen atoms in total. The minimum atomic E-state index is -0.774. The van der Waals surface area contributed by atoms with Crippen LogP contribution >= 0.6 is 11.8 Å². The van der Waals surface area contributed by atoms with Gasteiger partial charge in [0.15, 0.2) is 0 Å². The molecular formula is C17H23NO4S. The van der Waals surface area contributed by atoms with Crippen LogP contribution in [0.2, 0.25) is 0 Å². The van der Waals surface area contributed by atoms with Gasteiger partial charge in [0.1, 0.15) is 0 Å². The molecule has 2 N–H and O–H groups in total. The highest BCUT2D eigenvalue weighted by atomic mass is 32.2. The molecule has 1 aliphatic heterocycles. The molecule has 6 heteroatoms. The van der Waals surface area contributed by atoms with Gasteiger partial charge >= 0.3 is 5.97 Å². The third-order valence-electron chi connectivity index (χ3n) is 3.78. The maximum atomic E-state index is 12.3. The molecule has 0 bridgehead atoms. The number of aliphatic carboxylic acids is 1. The summed E-state index contributed by atoms with van der Waals surface area (Å²) >= 11 is 1.58. The van der Waals surface area contributed by atoms with E-state index in [0.717, 1.165) is 29.8 Å². The summed E-state index contributed by atoms with van der Waals surface area (Å²) in [6.45, 7) is 2.63. The second-order valence-corrected chi connectivity index (χ2v) is 6.89. The Hall–Kier alpha value is -1.53. The van der Waals surface area contributed by atoms with Gasteiger partial charge in [-0.2, -0.15) is 11.8 Å². The molecule has 0 aliphatic carbocycles. The first-order valence-corrected chi connectivity index (χ1v) is 9.01. The molecule has 0 aromatic heterocycles. The van der Waals surface area contributed by atoms with Crippen molar-refractivity contribution in [3.05, 3.63) is 29.8 Å². The van der Waals surface area contributed by atoms with Crippen LogP contribution in [0.5, 0.6) is 0 Å². The summed E-state index contributed by atoms with van der Waals surface area (Å²) in [4.78, 5) is 22.8. The van der Waals surface area contributed by atoms with Crippen molar-refractivity contribution < 1.29 is 19.4 Å². The van der Waals surface area contributed by atoms with Crippen molar-refractivity contribution in [2.24, 2.45) is 5.92 Å². The van der Waals surface area contributed by atoms with E-state index in [1.165, 1.54) is 0 Å². The zero-order valence-corrected chi connectivity index (χ0v) is 14.1. The van der Waals surface area contributed by atoms with E-state index < -0.39 is 5.97 Å². The molecule has 126 valence electrons. The molecule has 0 spiro atoms. The first-order valence-electron chi connectivity index (χ1n) is 7.85. The van der Waals surface area contributed by atoms with Gasteiger partial charge < -0.3 is 15.2 Å². The molecule has 1 amide bonds. The van der Waals surface area contributed by atoms with Crippen LogP contribution in [0.15, 0.2) is 24.3 Å². The topological polar surface area (TPSA) is 75.6 Å². The van der Waals surface area contributed by atoms with Crippen molar-refractivity contribution in [2.45, 2.75) is 38.0 Å². The van der Waals surface area contributed by atoms with Crippen LogP contribution < -0.4 is 5.32 Å². The number of carbonyl (C=O) groups excluding carboxylic acids is 1. The number of rotatable bonds is 7. The van der Waals surface area contributed by atoms with Gasteiger partial charge in [0.05, 0.1) is 12.5 Å². The van der Waals surface area contributed by atoms with Gasteiger partial charge in [-0.05, 0) is 37.5 Å². The minimum Gasteiger partial charge on any atom is -0.481 e. The maximum absolute atomic E-state index is 12.3. The SMILES string of the molecule is CC1CC(C(=O)Nc2cccc(CSCCC(=O)O)c2)CCO1. The quantitative estimate of drug-likeness (QED) is 0.748. The zero-order chi connectivity index (χ0) is 16.7. The van der Waals surface area contributed by atoms with Gasteiger partial charge in [-0.3, -0.25) is 9.59 Å². The number of carbonyl (C=O) groups is 2. The molecular weight excluding hydrogens is 314 g/mol. The molecule has 1 heterocycles. The van der Waals surface area contributed by atoms with Crippen LogP contribution in [-0.4, -0.2) is 35.4 Å². The number of benzene rings is 1. The molecule has 2 rings (SSSR count). The molecule has 1 aromatic carbocycles. The third kappa shape index (κ3) is 6.23. The monoisotopic (exact) mass is 337 g/mol. The number of carboxylic acids is 1. The Kier molecular flexibility index (Phi) is 6.92. The standard InChI is InChI=1S/C17H23NO4S/c1-12-9-14(5-7-22-12)17(21)18-15-4-2-3-13(10-15)11-23-8-6-16(19)20/h2-4,10,12,14H,5-9,11H2,1H3,(H,18,21)(H,19,20). The summed E-state index contributed by atoms with van der Waals surface area (Å²) in [6, 6.07) is 7.73. The number of amides is 1. The molecule has 23 heavy (non-hydrogen) atoms. The Morgan fingerprint density at radius 1 is 1.43 bits per heavy atom. The summed E-state index contributed by atoms with van der Waals surface area (Å²) < 4.78 is 5.47. The van der Waals surface area contributed by atoms with Gasteiger partial charge in [0, 0.05) is 29.7 Å². The summed E-state index contributed by atoms with van der Waals surface area (Å²) in [5, 5.41) is 11.6. The van der Waals surface area contributed by atoms with Crippen molar-refractivity contribution >= 4 is 29.3 Å². The fourth-order valence-corrected chi connectivity index (χ4v) is 3.45. The van der Waals surface area contributed by atoms with Crippen molar-refractivity contribution in [2.75, 3.05) is 17.7 Å². The lowest BCUT2D eigenvalue weighted by atomic mass is 9.95. The number of carboxylic acid groups (broad SMARTS) is 1. The molecule has 1 aromatic rings. The van der Waals surface area contributed by atoms with Crippen molar-refractivity contribution in [3.8, 4) is 0 Å². The zero-order valence-electron chi connectivity index (χ0n) is 13.3. The average molecular weight is 337 g/mol. The Morgan fingerprint density at radius 3 is 3.00 bits per heavy atom. The lowest BCUT2D eigenvalue weighted by Gasteiger charge is -2.26. The first-order chi connectivity index (χ1) is 11.0. The lowest BCUT2D eigenvalue weighted by molar-refractivity contribution is -0.136. The highest BCUT2D eigenvalue weighted by molar-refractivity contribution is 7.98. The lowest BCUT2D eigenvalue weighted by Crippen LogP contribution is -2.32. The average Bonchev–Trinajstić information content (AvgIpc) is 2.52. The number of anilines is 1. The van der Waals surface area contributed by atoms with E-state index in [4.69, 9.17) is 9.84 Å². The van der Waals surface area contributed by atoms with Crippen molar-refractivity contribution in [1.29, 1.82) is 0 Å². The van der Waals surface area contributed by atoms with Gasteiger partial charge in [0.2, 0.25) is 5.91 Å². The van der Waals surface area contributed by atoms with Gasteiger partial charge in [-0.15, -0.1) is 0 Å². The van der Waals surface area contributed by atoms with E-state index in [2.05, 4.69) is 5.32 Å². The number of nitrogens with one attached hydrogen (secondary N) is 1. The summed E-state index contributed by atoms with van der Waals surface area (Å²) in [5.41, 5.74) is 1.88. The summed E-state index contributed by atoms with van der Waals surface area (Å²) in [6.07, 6.45) is 1.83. The van der Waals surface area contributed by atoms with E-state index in [1.807, 2.05) is 31.2 Å². The van der Waals surface area contributed by atoms with Gasteiger partial charge in [-0.25, -0.2) is 0 Å². The largest absolute Gasteiger partial charge is 0.481 e. The van der Waals surface area contributed by atoms with Crippen LogP contribution in [0.3, 0.4) is 0 Å². The van der Waals surface area contributed by atoms with E-state index in [-0.39, 0.29) is 24.3 Å². The number of hydrogen-bond donors (Lipinski definition) is 2. The molecule has 1 fully saturated rings. The predicted octanol–water partition coefficient (Wildman–Crippen LogP) is 3.15. The molecule has 0 saturated carbocycles. The van der Waals surface area contributed by atoms with Crippen LogP contribution in [-0.2, 0) is 20.1 Å². The third-order valence-corrected chi connectivity index (χ3v) is 4.81. The predicted molar refractivity (Wildman–Crippen MR) is 91.6 cm³/mol. The van der Waals surface area contributed by atoms with Gasteiger partial charge in [-0.1, -0.05) is 12.1 Å². The molecule has 1 saturated heterocycles. The first kappa shape index (κ1) is 17.8. The molecule has 2 atom stereocenters. The Balaban J connectivity index is 1.84. The fourth-order valence-electron chi connectivity index (χ4n) is 2.57. The Morgan fingerprint density at radius 2 is 2.26 bits per heavy atom. The number of hydrogen-bond acceptors (Lipinski definition) is 4.